The van der Waals surface area contributed by atoms with Gasteiger partial charge in [0, 0.05) is 11.3 Å². The Morgan fingerprint density at radius 2 is 1.93 bits per heavy atom. The number of carboxylic acid groups (broad SMARTS) is 1. The minimum atomic E-state index is -1.08. The van der Waals surface area contributed by atoms with Gasteiger partial charge in [-0.15, -0.1) is 0 Å². The number of nitrogens with one attached hydrogen (secondary N) is 1. The highest BCUT2D eigenvalue weighted by Crippen LogP contribution is 2.16. The monoisotopic (exact) mass is 440 g/mol. The van der Waals surface area contributed by atoms with E-state index in [-0.39, 0.29) is 6.09 Å². The predicted molar refractivity (Wildman–Crippen MR) is 121 cm³/mol. The van der Waals surface area contributed by atoms with E-state index in [9.17, 15) is 14.4 Å². The van der Waals surface area contributed by atoms with Crippen molar-refractivity contribution in [3.05, 3.63) is 29.8 Å². The highest BCUT2D eigenvalue weighted by atomic mass is 32.2. The van der Waals surface area contributed by atoms with E-state index in [0.717, 1.165) is 5.17 Å². The number of amides is 2. The SMILES string of the molecule is CC.CSC1=NCCN1C(=O)OC(C)(C)C.Nc1cccc(C(=O)NCC(=O)O)c1. The zero-order chi connectivity index (χ0) is 23.3. The fourth-order valence-corrected chi connectivity index (χ4v) is 2.63. The van der Waals surface area contributed by atoms with Gasteiger partial charge < -0.3 is 20.9 Å². The second kappa shape index (κ2) is 13.5. The summed E-state index contributed by atoms with van der Waals surface area (Å²) in [5, 5.41) is 11.3. The molecular weight excluding hydrogens is 408 g/mol. The van der Waals surface area contributed by atoms with Crippen LogP contribution in [0.1, 0.15) is 45.0 Å². The highest BCUT2D eigenvalue weighted by Gasteiger charge is 2.27. The lowest BCUT2D eigenvalue weighted by molar-refractivity contribution is -0.135. The molecule has 30 heavy (non-hydrogen) atoms. The number of thioether (sulfide) groups is 1. The van der Waals surface area contributed by atoms with Gasteiger partial charge >= 0.3 is 12.1 Å². The summed E-state index contributed by atoms with van der Waals surface area (Å²) in [5.41, 5.74) is 5.83. The van der Waals surface area contributed by atoms with E-state index in [1.165, 1.54) is 17.8 Å². The van der Waals surface area contributed by atoms with E-state index in [0.29, 0.717) is 24.3 Å². The first-order chi connectivity index (χ1) is 14.0. The number of hydrogen-bond donors (Lipinski definition) is 3. The lowest BCUT2D eigenvalue weighted by Gasteiger charge is -2.24. The van der Waals surface area contributed by atoms with Crippen LogP contribution in [0, 0.1) is 0 Å². The quantitative estimate of drug-likeness (QED) is 0.615. The van der Waals surface area contributed by atoms with Crippen LogP contribution in [0.25, 0.3) is 0 Å². The summed E-state index contributed by atoms with van der Waals surface area (Å²) in [7, 11) is 0. The van der Waals surface area contributed by atoms with E-state index >= 15 is 0 Å². The van der Waals surface area contributed by atoms with Gasteiger partial charge in [0.25, 0.3) is 5.91 Å². The maximum atomic E-state index is 11.6. The van der Waals surface area contributed by atoms with E-state index in [1.54, 1.807) is 23.1 Å². The number of carbonyl (C=O) groups excluding carboxylic acids is 2. The molecule has 0 saturated heterocycles. The molecule has 0 atom stereocenters. The van der Waals surface area contributed by atoms with Gasteiger partial charge in [0.05, 0.1) is 13.1 Å². The van der Waals surface area contributed by atoms with Crippen molar-refractivity contribution in [2.45, 2.75) is 40.2 Å². The van der Waals surface area contributed by atoms with E-state index < -0.39 is 24.0 Å². The summed E-state index contributed by atoms with van der Waals surface area (Å²) in [5.74, 6) is -1.53. The van der Waals surface area contributed by atoms with Crippen LogP contribution in [-0.4, -0.2) is 64.6 Å². The smallest absolute Gasteiger partial charge is 0.416 e. The molecule has 0 aliphatic carbocycles. The molecule has 1 aromatic carbocycles. The van der Waals surface area contributed by atoms with Gasteiger partial charge in [-0.1, -0.05) is 31.7 Å². The first-order valence-corrected chi connectivity index (χ1v) is 10.7. The Hall–Kier alpha value is -2.75. The van der Waals surface area contributed by atoms with Gasteiger partial charge in [0.15, 0.2) is 5.17 Å². The standard InChI is InChI=1S/C9H10N2O3.C9H16N2O2S.C2H6/c10-7-3-1-2-6(4-7)9(14)11-5-8(12)13;1-9(2,3)13-8(12)11-6-5-10-7(11)14-4;1-2/h1-4H,5,10H2,(H,11,14)(H,12,13);5-6H2,1-4H3;1-2H3. The lowest BCUT2D eigenvalue weighted by Crippen LogP contribution is -2.37. The van der Waals surface area contributed by atoms with Crippen LogP contribution < -0.4 is 11.1 Å². The van der Waals surface area contributed by atoms with E-state index in [4.69, 9.17) is 15.6 Å². The van der Waals surface area contributed by atoms with Crippen LogP contribution in [0.2, 0.25) is 0 Å². The van der Waals surface area contributed by atoms with Crippen LogP contribution in [0.15, 0.2) is 29.3 Å². The Bertz CT molecular complexity index is 747. The highest BCUT2D eigenvalue weighted by molar-refractivity contribution is 8.13. The summed E-state index contributed by atoms with van der Waals surface area (Å²) in [6, 6.07) is 6.32. The van der Waals surface area contributed by atoms with Gasteiger partial charge in [0.2, 0.25) is 0 Å². The van der Waals surface area contributed by atoms with Crippen molar-refractivity contribution < 1.29 is 24.2 Å². The molecule has 1 aliphatic heterocycles. The number of carbonyl (C=O) groups is 3. The molecule has 1 aliphatic rings. The summed E-state index contributed by atoms with van der Waals surface area (Å²) in [6.07, 6.45) is 1.60. The molecule has 4 N–H and O–H groups in total. The second-order valence-corrected chi connectivity index (χ2v) is 7.48. The van der Waals surface area contributed by atoms with Gasteiger partial charge in [-0.2, -0.15) is 0 Å². The molecule has 0 saturated carbocycles. The molecule has 1 heterocycles. The Labute approximate surface area is 182 Å². The average Bonchev–Trinajstić information content (AvgIpc) is 3.16. The van der Waals surface area contributed by atoms with Crippen LogP contribution in [0.3, 0.4) is 0 Å². The van der Waals surface area contributed by atoms with Gasteiger partial charge in [-0.05, 0) is 45.2 Å². The Morgan fingerprint density at radius 3 is 2.43 bits per heavy atom. The van der Waals surface area contributed by atoms with Gasteiger partial charge in [0.1, 0.15) is 12.1 Å². The summed E-state index contributed by atoms with van der Waals surface area (Å²) < 4.78 is 5.25. The lowest BCUT2D eigenvalue weighted by atomic mass is 10.2. The molecule has 9 nitrogen and oxygen atoms in total. The third-order valence-electron chi connectivity index (χ3n) is 3.15. The first-order valence-electron chi connectivity index (χ1n) is 9.48. The van der Waals surface area contributed by atoms with Crippen molar-refractivity contribution >= 4 is 40.6 Å². The molecule has 168 valence electrons. The van der Waals surface area contributed by atoms with Crippen molar-refractivity contribution in [2.24, 2.45) is 4.99 Å². The molecule has 0 aromatic heterocycles. The second-order valence-electron chi connectivity index (χ2n) is 6.70. The number of nitrogen functional groups attached to an aromatic ring is 1. The van der Waals surface area contributed by atoms with Crippen molar-refractivity contribution in [3.63, 3.8) is 0 Å². The first kappa shape index (κ1) is 27.2. The Balaban J connectivity index is 0.000000518. The molecule has 2 amide bonds. The number of anilines is 1. The van der Waals surface area contributed by atoms with E-state index in [2.05, 4.69) is 10.3 Å². The summed E-state index contributed by atoms with van der Waals surface area (Å²) in [6.45, 7) is 10.5. The fraction of sp³-hybridized carbons (Fsp3) is 0.500. The normalized spacial score (nSPS) is 12.5. The Morgan fingerprint density at radius 1 is 1.30 bits per heavy atom. The number of benzene rings is 1. The number of amidine groups is 1. The summed E-state index contributed by atoms with van der Waals surface area (Å²) >= 11 is 1.47. The number of nitrogens with two attached hydrogens (primary N) is 1. The third-order valence-corrected chi connectivity index (χ3v) is 3.86. The molecule has 0 spiro atoms. The zero-order valence-electron chi connectivity index (χ0n) is 18.4. The van der Waals surface area contributed by atoms with Crippen molar-refractivity contribution in [1.82, 2.24) is 10.2 Å². The Kier molecular flexibility index (Phi) is 12.2. The zero-order valence-corrected chi connectivity index (χ0v) is 19.2. The maximum absolute atomic E-state index is 11.6. The number of hydrogen-bond acceptors (Lipinski definition) is 7. The molecule has 0 fully saturated rings. The van der Waals surface area contributed by atoms with Crippen LogP contribution in [0.5, 0.6) is 0 Å². The third kappa shape index (κ3) is 10.7. The molecular formula is C20H32N4O5S. The largest absolute Gasteiger partial charge is 0.480 e. The van der Waals surface area contributed by atoms with Crippen LogP contribution in [0.4, 0.5) is 10.5 Å². The van der Waals surface area contributed by atoms with E-state index in [1.807, 2.05) is 40.9 Å². The van der Waals surface area contributed by atoms with Crippen molar-refractivity contribution in [2.75, 3.05) is 31.6 Å². The summed E-state index contributed by atoms with van der Waals surface area (Å²) in [4.78, 5) is 38.8. The number of carboxylic acids is 1. The molecule has 0 unspecified atom stereocenters. The number of ether oxygens (including phenoxy) is 1. The number of rotatable bonds is 3. The van der Waals surface area contributed by atoms with Crippen LogP contribution >= 0.6 is 11.8 Å². The molecule has 0 bridgehead atoms. The van der Waals surface area contributed by atoms with Gasteiger partial charge in [-0.25, -0.2) is 4.79 Å². The van der Waals surface area contributed by atoms with Crippen LogP contribution in [-0.2, 0) is 9.53 Å². The fourth-order valence-electron chi connectivity index (χ4n) is 2.03. The molecule has 1 aromatic rings. The van der Waals surface area contributed by atoms with Crippen molar-refractivity contribution in [1.29, 1.82) is 0 Å². The topological polar surface area (TPSA) is 134 Å². The predicted octanol–water partition coefficient (Wildman–Crippen LogP) is 3.07. The number of aliphatic imine (C=N–C) groups is 1. The minimum Gasteiger partial charge on any atom is -0.480 e. The maximum Gasteiger partial charge on any atom is 0.416 e. The van der Waals surface area contributed by atoms with Crippen molar-refractivity contribution in [3.8, 4) is 0 Å². The molecule has 10 heteroatoms. The average molecular weight is 441 g/mol. The van der Waals surface area contributed by atoms with Gasteiger partial charge in [-0.3, -0.25) is 19.5 Å². The minimum absolute atomic E-state index is 0.303. The molecule has 0 radical (unpaired) electrons. The number of nitrogens with zero attached hydrogens (tertiary/aromatic N) is 2. The number of aliphatic carboxylic acids is 1. The molecule has 2 rings (SSSR count).